The third kappa shape index (κ3) is 4.15. The molecule has 0 saturated heterocycles. The normalized spacial score (nSPS) is 15.8. The van der Waals surface area contributed by atoms with Crippen LogP contribution in [0.3, 0.4) is 0 Å². The number of carbonyl (C=O) groups is 1. The molecule has 0 unspecified atom stereocenters. The number of primary amides is 1. The highest BCUT2D eigenvalue weighted by molar-refractivity contribution is 5.83. The van der Waals surface area contributed by atoms with Gasteiger partial charge in [-0.05, 0) is 43.5 Å². The molecule has 36 heavy (non-hydrogen) atoms. The van der Waals surface area contributed by atoms with Crippen molar-refractivity contribution in [2.24, 2.45) is 5.73 Å². The summed E-state index contributed by atoms with van der Waals surface area (Å²) in [5.41, 5.74) is 8.45. The van der Waals surface area contributed by atoms with Gasteiger partial charge < -0.3 is 15.6 Å². The van der Waals surface area contributed by atoms with E-state index in [0.29, 0.717) is 42.5 Å². The molecule has 3 N–H and O–H groups in total. The number of hydrogen-bond acceptors (Lipinski definition) is 7. The fourth-order valence-electron chi connectivity index (χ4n) is 4.84. The van der Waals surface area contributed by atoms with Crippen molar-refractivity contribution < 1.29 is 13.6 Å². The number of halogens is 2. The van der Waals surface area contributed by atoms with Crippen molar-refractivity contribution in [3.05, 3.63) is 59.2 Å². The van der Waals surface area contributed by atoms with Crippen LogP contribution >= 0.6 is 0 Å². The number of rotatable bonds is 6. The SMILES string of the molecule is Cc1nc2c(F)cc(-c3nc(Nc4ccc5c(n4)CCN(CC(N)=O)C5)ncc3F)cc2n1C1CC1. The summed E-state index contributed by atoms with van der Waals surface area (Å²) in [6.07, 6.45) is 3.77. The van der Waals surface area contributed by atoms with Gasteiger partial charge in [-0.15, -0.1) is 0 Å². The molecule has 1 aliphatic heterocycles. The van der Waals surface area contributed by atoms with Crippen molar-refractivity contribution >= 4 is 28.7 Å². The molecule has 9 nitrogen and oxygen atoms in total. The Kier molecular flexibility index (Phi) is 5.36. The lowest BCUT2D eigenvalue weighted by Crippen LogP contribution is -2.37. The van der Waals surface area contributed by atoms with E-state index in [1.165, 1.54) is 6.07 Å². The molecule has 11 heteroatoms. The highest BCUT2D eigenvalue weighted by atomic mass is 19.1. The van der Waals surface area contributed by atoms with Crippen LogP contribution in [0.2, 0.25) is 0 Å². The number of hydrogen-bond donors (Lipinski definition) is 2. The summed E-state index contributed by atoms with van der Waals surface area (Å²) in [5.74, 6) is -0.123. The molecule has 3 aromatic heterocycles. The van der Waals surface area contributed by atoms with Crippen molar-refractivity contribution in [1.82, 2.24) is 29.4 Å². The van der Waals surface area contributed by atoms with E-state index in [9.17, 15) is 13.6 Å². The number of nitrogens with one attached hydrogen (secondary N) is 1. The van der Waals surface area contributed by atoms with E-state index >= 15 is 0 Å². The summed E-state index contributed by atoms with van der Waals surface area (Å²) in [6.45, 7) is 3.33. The first-order valence-electron chi connectivity index (χ1n) is 11.8. The highest BCUT2D eigenvalue weighted by Gasteiger charge is 2.28. The van der Waals surface area contributed by atoms with Crippen LogP contribution in [0.15, 0.2) is 30.5 Å². The molecule has 4 heterocycles. The summed E-state index contributed by atoms with van der Waals surface area (Å²) in [7, 11) is 0. The molecule has 1 fully saturated rings. The van der Waals surface area contributed by atoms with E-state index < -0.39 is 11.6 Å². The zero-order chi connectivity index (χ0) is 25.0. The zero-order valence-corrected chi connectivity index (χ0v) is 19.6. The molecular formula is C25H24F2N8O. The van der Waals surface area contributed by atoms with Crippen LogP contribution < -0.4 is 11.1 Å². The Labute approximate surface area is 205 Å². The predicted octanol–water partition coefficient (Wildman–Crippen LogP) is 3.40. The van der Waals surface area contributed by atoms with Crippen molar-refractivity contribution in [3.8, 4) is 11.3 Å². The molecule has 6 rings (SSSR count). The monoisotopic (exact) mass is 490 g/mol. The van der Waals surface area contributed by atoms with Crippen LogP contribution in [-0.4, -0.2) is 48.4 Å². The molecule has 184 valence electrons. The summed E-state index contributed by atoms with van der Waals surface area (Å²) in [5, 5.41) is 3.03. The van der Waals surface area contributed by atoms with E-state index in [4.69, 9.17) is 5.73 Å². The van der Waals surface area contributed by atoms with E-state index in [0.717, 1.165) is 36.1 Å². The molecule has 0 atom stereocenters. The van der Waals surface area contributed by atoms with Crippen LogP contribution in [-0.2, 0) is 17.8 Å². The van der Waals surface area contributed by atoms with Gasteiger partial charge in [0.25, 0.3) is 0 Å². The number of fused-ring (bicyclic) bond motifs is 2. The Bertz CT molecular complexity index is 1510. The summed E-state index contributed by atoms with van der Waals surface area (Å²) in [6, 6.07) is 7.00. The van der Waals surface area contributed by atoms with Crippen LogP contribution in [0.4, 0.5) is 20.5 Å². The van der Waals surface area contributed by atoms with Crippen LogP contribution in [0.1, 0.15) is 36.0 Å². The van der Waals surface area contributed by atoms with Crippen LogP contribution in [0.5, 0.6) is 0 Å². The molecule has 1 aliphatic carbocycles. The van der Waals surface area contributed by atoms with Crippen molar-refractivity contribution in [2.45, 2.75) is 38.8 Å². The molecule has 0 bridgehead atoms. The van der Waals surface area contributed by atoms with E-state index in [1.54, 1.807) is 12.1 Å². The van der Waals surface area contributed by atoms with Crippen molar-refractivity contribution in [1.29, 1.82) is 0 Å². The minimum atomic E-state index is -0.651. The first-order valence-corrected chi connectivity index (χ1v) is 11.8. The Hall–Kier alpha value is -3.99. The molecule has 1 amide bonds. The van der Waals surface area contributed by atoms with Gasteiger partial charge in [-0.25, -0.2) is 28.7 Å². The maximum absolute atomic E-state index is 14.9. The fourth-order valence-corrected chi connectivity index (χ4v) is 4.84. The number of carbonyl (C=O) groups excluding carboxylic acids is 1. The van der Waals surface area contributed by atoms with Gasteiger partial charge in [-0.1, -0.05) is 6.07 Å². The molecular weight excluding hydrogens is 466 g/mol. The number of anilines is 2. The Morgan fingerprint density at radius 3 is 2.78 bits per heavy atom. The average molecular weight is 491 g/mol. The van der Waals surface area contributed by atoms with Crippen molar-refractivity contribution in [2.75, 3.05) is 18.4 Å². The second kappa shape index (κ2) is 8.59. The summed E-state index contributed by atoms with van der Waals surface area (Å²) < 4.78 is 31.8. The van der Waals surface area contributed by atoms with Crippen LogP contribution in [0.25, 0.3) is 22.3 Å². The Morgan fingerprint density at radius 1 is 1.17 bits per heavy atom. The van der Waals surface area contributed by atoms with Gasteiger partial charge >= 0.3 is 0 Å². The van der Waals surface area contributed by atoms with Gasteiger partial charge in [0.05, 0.1) is 18.3 Å². The Balaban J connectivity index is 1.29. The van der Waals surface area contributed by atoms with Gasteiger partial charge in [-0.3, -0.25) is 9.69 Å². The first kappa shape index (κ1) is 22.5. The molecule has 1 aromatic carbocycles. The molecule has 1 saturated carbocycles. The maximum atomic E-state index is 14.9. The highest BCUT2D eigenvalue weighted by Crippen LogP contribution is 2.40. The number of amides is 1. The second-order valence-corrected chi connectivity index (χ2v) is 9.33. The van der Waals surface area contributed by atoms with Gasteiger partial charge in [0.2, 0.25) is 11.9 Å². The lowest BCUT2D eigenvalue weighted by atomic mass is 10.1. The third-order valence-corrected chi connectivity index (χ3v) is 6.60. The lowest BCUT2D eigenvalue weighted by Gasteiger charge is -2.27. The largest absolute Gasteiger partial charge is 0.369 e. The number of pyridine rings is 1. The standard InChI is InChI=1S/C25H24F2N8O/c1-13-30-24-17(26)8-15(9-20(24)35(13)16-3-4-16)23-18(27)10-29-25(33-23)32-22-5-2-14-11-34(12-21(28)36)7-6-19(14)31-22/h2,5,8-10,16H,3-4,6-7,11-12H2,1H3,(H2,28,36)(H,29,31,32,33). The molecule has 4 aromatic rings. The predicted molar refractivity (Wildman–Crippen MR) is 129 cm³/mol. The third-order valence-electron chi connectivity index (χ3n) is 6.60. The first-order chi connectivity index (χ1) is 17.4. The smallest absolute Gasteiger partial charge is 0.231 e. The number of aromatic nitrogens is 5. The zero-order valence-electron chi connectivity index (χ0n) is 19.6. The van der Waals surface area contributed by atoms with E-state index in [2.05, 4.69) is 25.3 Å². The second-order valence-electron chi connectivity index (χ2n) is 9.33. The minimum absolute atomic E-state index is 0.00504. The lowest BCUT2D eigenvalue weighted by molar-refractivity contribution is -0.119. The van der Waals surface area contributed by atoms with Crippen LogP contribution in [0, 0.1) is 18.6 Å². The van der Waals surface area contributed by atoms with Crippen molar-refractivity contribution in [3.63, 3.8) is 0 Å². The molecule has 0 radical (unpaired) electrons. The van der Waals surface area contributed by atoms with Gasteiger partial charge in [0.1, 0.15) is 22.9 Å². The van der Waals surface area contributed by atoms with E-state index in [1.807, 2.05) is 22.5 Å². The van der Waals surface area contributed by atoms with Gasteiger partial charge in [0, 0.05) is 36.8 Å². The average Bonchev–Trinajstić information content (AvgIpc) is 3.61. The molecule has 2 aliphatic rings. The summed E-state index contributed by atoms with van der Waals surface area (Å²) >= 11 is 0. The quantitative estimate of drug-likeness (QED) is 0.426. The number of nitrogens with zero attached hydrogens (tertiary/aromatic N) is 6. The topological polar surface area (TPSA) is 115 Å². The maximum Gasteiger partial charge on any atom is 0.231 e. The van der Waals surface area contributed by atoms with E-state index in [-0.39, 0.29) is 29.6 Å². The fraction of sp³-hybridized carbons (Fsp3) is 0.320. The number of aryl methyl sites for hydroxylation is 1. The number of imidazole rings is 1. The summed E-state index contributed by atoms with van der Waals surface area (Å²) in [4.78, 5) is 30.6. The number of benzene rings is 1. The molecule has 0 spiro atoms. The Morgan fingerprint density at radius 2 is 2.00 bits per heavy atom. The minimum Gasteiger partial charge on any atom is -0.369 e. The van der Waals surface area contributed by atoms with Gasteiger partial charge in [0.15, 0.2) is 11.6 Å². The number of nitrogens with two attached hydrogens (primary N) is 1. The van der Waals surface area contributed by atoms with Gasteiger partial charge in [-0.2, -0.15) is 0 Å².